The summed E-state index contributed by atoms with van der Waals surface area (Å²) in [6.07, 6.45) is 0.297. The van der Waals surface area contributed by atoms with Crippen LogP contribution in [0.5, 0.6) is 5.75 Å². The van der Waals surface area contributed by atoms with Crippen LogP contribution in [0.25, 0.3) is 0 Å². The molecule has 0 spiro atoms. The highest BCUT2D eigenvalue weighted by molar-refractivity contribution is 9.10. The average molecular weight is 332 g/mol. The van der Waals surface area contributed by atoms with Gasteiger partial charge in [-0.2, -0.15) is 0 Å². The Balaban J connectivity index is 2.53. The topological polar surface area (TPSA) is 50.7 Å². The Morgan fingerprint density at radius 1 is 1.37 bits per heavy atom. The van der Waals surface area contributed by atoms with Crippen molar-refractivity contribution in [2.24, 2.45) is 0 Å². The SMILES string of the molecule is COCCNCc1cc(Br)ccc1OCCC(C)O. The van der Waals surface area contributed by atoms with Crippen LogP contribution in [0.2, 0.25) is 0 Å². The summed E-state index contributed by atoms with van der Waals surface area (Å²) in [4.78, 5) is 0. The first-order valence-electron chi connectivity index (χ1n) is 6.42. The molecule has 0 heterocycles. The lowest BCUT2D eigenvalue weighted by Gasteiger charge is -2.13. The molecule has 0 saturated heterocycles. The molecule has 1 rings (SSSR count). The van der Waals surface area contributed by atoms with E-state index < -0.39 is 0 Å². The quantitative estimate of drug-likeness (QED) is 0.682. The van der Waals surface area contributed by atoms with Crippen molar-refractivity contribution in [2.45, 2.75) is 26.0 Å². The second-order valence-electron chi connectivity index (χ2n) is 4.41. The van der Waals surface area contributed by atoms with E-state index in [0.29, 0.717) is 19.6 Å². The molecule has 0 radical (unpaired) electrons. The van der Waals surface area contributed by atoms with Crippen molar-refractivity contribution >= 4 is 15.9 Å². The van der Waals surface area contributed by atoms with Crippen LogP contribution < -0.4 is 10.1 Å². The van der Waals surface area contributed by atoms with Crippen LogP contribution in [0.4, 0.5) is 0 Å². The van der Waals surface area contributed by atoms with Crippen LogP contribution in [0, 0.1) is 0 Å². The van der Waals surface area contributed by atoms with E-state index in [1.54, 1.807) is 14.0 Å². The Hall–Kier alpha value is -0.620. The second-order valence-corrected chi connectivity index (χ2v) is 5.32. The maximum atomic E-state index is 9.23. The van der Waals surface area contributed by atoms with Gasteiger partial charge in [0, 0.05) is 36.7 Å². The summed E-state index contributed by atoms with van der Waals surface area (Å²) in [5, 5.41) is 12.5. The number of benzene rings is 1. The van der Waals surface area contributed by atoms with Gasteiger partial charge in [-0.15, -0.1) is 0 Å². The number of hydrogen-bond acceptors (Lipinski definition) is 4. The van der Waals surface area contributed by atoms with E-state index in [9.17, 15) is 5.11 Å². The van der Waals surface area contributed by atoms with Crippen LogP contribution in [0.1, 0.15) is 18.9 Å². The molecule has 0 aliphatic carbocycles. The predicted molar refractivity (Wildman–Crippen MR) is 79.5 cm³/mol. The Labute approximate surface area is 123 Å². The zero-order chi connectivity index (χ0) is 14.1. The van der Waals surface area contributed by atoms with Crippen molar-refractivity contribution in [3.05, 3.63) is 28.2 Å². The number of aliphatic hydroxyl groups is 1. The summed E-state index contributed by atoms with van der Waals surface area (Å²) in [5.74, 6) is 0.855. The molecule has 2 N–H and O–H groups in total. The maximum Gasteiger partial charge on any atom is 0.123 e. The predicted octanol–water partition coefficient (Wildman–Crippen LogP) is 2.33. The van der Waals surface area contributed by atoms with Gasteiger partial charge in [0.05, 0.1) is 19.3 Å². The molecule has 1 unspecified atom stereocenters. The Morgan fingerprint density at radius 2 is 2.16 bits per heavy atom. The normalized spacial score (nSPS) is 12.4. The van der Waals surface area contributed by atoms with Gasteiger partial charge < -0.3 is 19.9 Å². The molecule has 1 atom stereocenters. The van der Waals surface area contributed by atoms with Gasteiger partial charge in [0.1, 0.15) is 5.75 Å². The van der Waals surface area contributed by atoms with Gasteiger partial charge in [0.2, 0.25) is 0 Å². The summed E-state index contributed by atoms with van der Waals surface area (Å²) in [6.45, 7) is 4.50. The van der Waals surface area contributed by atoms with Gasteiger partial charge in [-0.05, 0) is 25.1 Å². The molecule has 0 aliphatic heterocycles. The lowest BCUT2D eigenvalue weighted by atomic mass is 10.2. The van der Waals surface area contributed by atoms with Crippen molar-refractivity contribution in [1.29, 1.82) is 0 Å². The molecular weight excluding hydrogens is 310 g/mol. The van der Waals surface area contributed by atoms with Crippen molar-refractivity contribution in [1.82, 2.24) is 5.32 Å². The lowest BCUT2D eigenvalue weighted by Crippen LogP contribution is -2.19. The smallest absolute Gasteiger partial charge is 0.123 e. The highest BCUT2D eigenvalue weighted by atomic mass is 79.9. The minimum Gasteiger partial charge on any atom is -0.493 e. The molecule has 0 fully saturated rings. The molecule has 4 nitrogen and oxygen atoms in total. The lowest BCUT2D eigenvalue weighted by molar-refractivity contribution is 0.155. The van der Waals surface area contributed by atoms with Crippen molar-refractivity contribution in [3.63, 3.8) is 0 Å². The third-order valence-corrected chi connectivity index (χ3v) is 3.11. The Kier molecular flexibility index (Phi) is 8.05. The molecule has 0 saturated carbocycles. The van der Waals surface area contributed by atoms with Crippen LogP contribution in [0.15, 0.2) is 22.7 Å². The standard InChI is InChI=1S/C14H22BrNO3/c1-11(17)5-7-19-14-4-3-13(15)9-12(14)10-16-6-8-18-2/h3-4,9,11,16-17H,5-8,10H2,1-2H3. The molecule has 0 aromatic heterocycles. The van der Waals surface area contributed by atoms with Gasteiger partial charge >= 0.3 is 0 Å². The van der Waals surface area contributed by atoms with E-state index in [1.807, 2.05) is 18.2 Å². The molecule has 19 heavy (non-hydrogen) atoms. The summed E-state index contributed by atoms with van der Waals surface area (Å²) in [5.41, 5.74) is 1.09. The zero-order valence-corrected chi connectivity index (χ0v) is 13.1. The highest BCUT2D eigenvalue weighted by Crippen LogP contribution is 2.23. The van der Waals surface area contributed by atoms with E-state index in [1.165, 1.54) is 0 Å². The average Bonchev–Trinajstić information content (AvgIpc) is 2.36. The first-order chi connectivity index (χ1) is 9.13. The molecule has 1 aromatic rings. The van der Waals surface area contributed by atoms with E-state index in [0.717, 1.165) is 28.9 Å². The number of nitrogens with one attached hydrogen (secondary N) is 1. The van der Waals surface area contributed by atoms with Crippen LogP contribution in [-0.2, 0) is 11.3 Å². The van der Waals surface area contributed by atoms with Gasteiger partial charge in [0.25, 0.3) is 0 Å². The fourth-order valence-corrected chi connectivity index (χ4v) is 1.97. The van der Waals surface area contributed by atoms with E-state index in [2.05, 4.69) is 21.2 Å². The zero-order valence-electron chi connectivity index (χ0n) is 11.5. The molecule has 5 heteroatoms. The summed E-state index contributed by atoms with van der Waals surface area (Å²) in [6, 6.07) is 5.94. The fourth-order valence-electron chi connectivity index (χ4n) is 1.56. The van der Waals surface area contributed by atoms with E-state index in [-0.39, 0.29) is 6.10 Å². The summed E-state index contributed by atoms with van der Waals surface area (Å²) in [7, 11) is 1.69. The summed E-state index contributed by atoms with van der Waals surface area (Å²) < 4.78 is 11.7. The van der Waals surface area contributed by atoms with Crippen molar-refractivity contribution in [3.8, 4) is 5.75 Å². The first-order valence-corrected chi connectivity index (χ1v) is 7.21. The molecule has 0 bridgehead atoms. The Bertz CT molecular complexity index is 372. The van der Waals surface area contributed by atoms with Gasteiger partial charge in [-0.1, -0.05) is 15.9 Å². The maximum absolute atomic E-state index is 9.23. The summed E-state index contributed by atoms with van der Waals surface area (Å²) >= 11 is 3.46. The van der Waals surface area contributed by atoms with Gasteiger partial charge in [-0.25, -0.2) is 0 Å². The Morgan fingerprint density at radius 3 is 2.84 bits per heavy atom. The monoisotopic (exact) mass is 331 g/mol. The first kappa shape index (κ1) is 16.4. The number of aliphatic hydroxyl groups excluding tert-OH is 1. The third-order valence-electron chi connectivity index (χ3n) is 2.61. The van der Waals surface area contributed by atoms with E-state index in [4.69, 9.17) is 9.47 Å². The molecule has 0 aliphatic rings. The van der Waals surface area contributed by atoms with Crippen LogP contribution in [-0.4, -0.2) is 38.1 Å². The number of hydrogen-bond donors (Lipinski definition) is 2. The minimum absolute atomic E-state index is 0.335. The number of ether oxygens (including phenoxy) is 2. The van der Waals surface area contributed by atoms with Gasteiger partial charge in [0.15, 0.2) is 0 Å². The third kappa shape index (κ3) is 6.92. The van der Waals surface area contributed by atoms with Crippen LogP contribution in [0.3, 0.4) is 0 Å². The fraction of sp³-hybridized carbons (Fsp3) is 0.571. The van der Waals surface area contributed by atoms with Crippen molar-refractivity contribution < 1.29 is 14.6 Å². The highest BCUT2D eigenvalue weighted by Gasteiger charge is 2.05. The second kappa shape index (κ2) is 9.31. The molecular formula is C14H22BrNO3. The minimum atomic E-state index is -0.335. The van der Waals surface area contributed by atoms with Crippen LogP contribution >= 0.6 is 15.9 Å². The number of rotatable bonds is 9. The number of methoxy groups -OCH3 is 1. The van der Waals surface area contributed by atoms with E-state index >= 15 is 0 Å². The molecule has 1 aromatic carbocycles. The molecule has 108 valence electrons. The van der Waals surface area contributed by atoms with Gasteiger partial charge in [-0.3, -0.25) is 0 Å². The largest absolute Gasteiger partial charge is 0.493 e. The molecule has 0 amide bonds. The van der Waals surface area contributed by atoms with Crippen molar-refractivity contribution in [2.75, 3.05) is 26.9 Å². The number of halogens is 1.